The largest absolute Gasteiger partial charge is 0.464 e. The van der Waals surface area contributed by atoms with Gasteiger partial charge < -0.3 is 14.4 Å². The number of fused-ring (bicyclic) bond motifs is 1. The van der Waals surface area contributed by atoms with Gasteiger partial charge in [-0.05, 0) is 53.9 Å². The molecule has 0 saturated carbocycles. The first kappa shape index (κ1) is 17.1. The number of aromatic amines is 2. The molecule has 144 valence electrons. The molecule has 0 saturated heterocycles. The van der Waals surface area contributed by atoms with Crippen molar-refractivity contribution in [1.82, 2.24) is 15.0 Å². The lowest BCUT2D eigenvalue weighted by Gasteiger charge is -2.10. The first-order valence-electron chi connectivity index (χ1n) is 9.72. The number of nitrogens with one attached hydrogen (secondary N) is 2. The number of thiophene rings is 1. The van der Waals surface area contributed by atoms with Crippen LogP contribution in [-0.4, -0.2) is 15.0 Å². The summed E-state index contributed by atoms with van der Waals surface area (Å²) in [6.45, 7) is 0. The van der Waals surface area contributed by atoms with E-state index in [1.807, 2.05) is 48.8 Å². The first-order chi connectivity index (χ1) is 14.9. The lowest BCUT2D eigenvalue weighted by Crippen LogP contribution is -1.87. The highest BCUT2D eigenvalue weighted by molar-refractivity contribution is 7.13. The zero-order valence-corrected chi connectivity index (χ0v) is 16.7. The van der Waals surface area contributed by atoms with Crippen LogP contribution in [-0.2, 0) is 0 Å². The summed E-state index contributed by atoms with van der Waals surface area (Å²) in [5.74, 6) is 0.842. The molecule has 0 aliphatic rings. The van der Waals surface area contributed by atoms with Crippen LogP contribution in [0.1, 0.15) is 0 Å². The molecule has 0 unspecified atom stereocenters. The molecule has 0 radical (unpaired) electrons. The monoisotopic (exact) mass is 407 g/mol. The normalized spacial score (nSPS) is 11.3. The molecule has 2 N–H and O–H groups in total. The Bertz CT molecular complexity index is 1410. The van der Waals surface area contributed by atoms with Crippen LogP contribution in [0.5, 0.6) is 0 Å². The van der Waals surface area contributed by atoms with Crippen molar-refractivity contribution in [2.75, 3.05) is 0 Å². The van der Waals surface area contributed by atoms with Gasteiger partial charge in [-0.15, -0.1) is 11.3 Å². The van der Waals surface area contributed by atoms with Gasteiger partial charge in [-0.3, -0.25) is 4.98 Å². The summed E-state index contributed by atoms with van der Waals surface area (Å²) in [5.41, 5.74) is 7.38. The standard InChI is InChI=1S/C25H17N3OS/c1-2-12-27-19(6-1)25-24(21-9-5-15-30-21)23-18(28-25)11-10-16(17-7-3-13-26-17)22(23)20-8-4-14-29-20/h1-15,26,28H. The zero-order valence-electron chi connectivity index (χ0n) is 15.9. The number of hydrogen-bond donors (Lipinski definition) is 2. The van der Waals surface area contributed by atoms with Crippen molar-refractivity contribution in [1.29, 1.82) is 0 Å². The van der Waals surface area contributed by atoms with Gasteiger partial charge in [0.25, 0.3) is 0 Å². The van der Waals surface area contributed by atoms with Crippen LogP contribution < -0.4 is 0 Å². The maximum absolute atomic E-state index is 5.91. The van der Waals surface area contributed by atoms with Crippen molar-refractivity contribution in [2.24, 2.45) is 0 Å². The van der Waals surface area contributed by atoms with Gasteiger partial charge in [0.05, 0.1) is 17.7 Å². The fraction of sp³-hybridized carbons (Fsp3) is 0. The molecule has 0 amide bonds. The zero-order chi connectivity index (χ0) is 19.9. The number of H-pyrrole nitrogens is 2. The molecule has 30 heavy (non-hydrogen) atoms. The van der Waals surface area contributed by atoms with Crippen molar-refractivity contribution in [3.63, 3.8) is 0 Å². The van der Waals surface area contributed by atoms with Crippen molar-refractivity contribution in [3.05, 3.63) is 90.8 Å². The summed E-state index contributed by atoms with van der Waals surface area (Å²) in [5, 5.41) is 3.25. The van der Waals surface area contributed by atoms with Crippen molar-refractivity contribution in [2.45, 2.75) is 0 Å². The molecule has 4 nitrogen and oxygen atoms in total. The van der Waals surface area contributed by atoms with E-state index >= 15 is 0 Å². The number of pyridine rings is 1. The highest BCUT2D eigenvalue weighted by atomic mass is 32.1. The van der Waals surface area contributed by atoms with Gasteiger partial charge in [0, 0.05) is 50.6 Å². The predicted molar refractivity (Wildman–Crippen MR) is 122 cm³/mol. The average Bonchev–Trinajstić information content (AvgIpc) is 3.59. The van der Waals surface area contributed by atoms with Gasteiger partial charge in [0.15, 0.2) is 0 Å². The van der Waals surface area contributed by atoms with E-state index in [2.05, 4.69) is 50.7 Å². The van der Waals surface area contributed by atoms with Gasteiger partial charge in [0.1, 0.15) is 5.76 Å². The molecular formula is C25H17N3OS. The average molecular weight is 407 g/mol. The SMILES string of the molecule is c1ccc(-c2[nH]c3ccc(-c4ccc[nH]4)c(-c4ccco4)c3c2-c2cccs2)nc1. The van der Waals surface area contributed by atoms with Crippen molar-refractivity contribution in [3.8, 4) is 44.4 Å². The van der Waals surface area contributed by atoms with E-state index in [4.69, 9.17) is 4.42 Å². The number of benzene rings is 1. The van der Waals surface area contributed by atoms with E-state index in [0.717, 1.165) is 50.4 Å². The minimum Gasteiger partial charge on any atom is -0.464 e. The molecule has 1 aromatic carbocycles. The Kier molecular flexibility index (Phi) is 3.92. The van der Waals surface area contributed by atoms with Gasteiger partial charge in [0.2, 0.25) is 0 Å². The van der Waals surface area contributed by atoms with E-state index in [1.165, 1.54) is 4.88 Å². The van der Waals surface area contributed by atoms with Crippen LogP contribution in [0.4, 0.5) is 0 Å². The molecule has 0 bridgehead atoms. The molecule has 6 rings (SSSR count). The number of rotatable bonds is 4. The van der Waals surface area contributed by atoms with E-state index in [9.17, 15) is 0 Å². The topological polar surface area (TPSA) is 57.6 Å². The Hall–Kier alpha value is -3.83. The third kappa shape index (κ3) is 2.64. The molecule has 5 heterocycles. The quantitative estimate of drug-likeness (QED) is 0.324. The Balaban J connectivity index is 1.78. The summed E-state index contributed by atoms with van der Waals surface area (Å²) in [4.78, 5) is 12.8. The van der Waals surface area contributed by atoms with Crippen LogP contribution in [0.3, 0.4) is 0 Å². The smallest absolute Gasteiger partial charge is 0.135 e. The molecule has 0 fully saturated rings. The summed E-state index contributed by atoms with van der Waals surface area (Å²) in [6.07, 6.45) is 5.50. The Morgan fingerprint density at radius 2 is 1.87 bits per heavy atom. The number of aromatic nitrogens is 3. The van der Waals surface area contributed by atoms with Crippen LogP contribution in [0.25, 0.3) is 55.3 Å². The Morgan fingerprint density at radius 3 is 2.60 bits per heavy atom. The third-order valence-electron chi connectivity index (χ3n) is 5.31. The summed E-state index contributed by atoms with van der Waals surface area (Å²) in [6, 6.07) is 22.6. The summed E-state index contributed by atoms with van der Waals surface area (Å²) >= 11 is 1.73. The number of hydrogen-bond acceptors (Lipinski definition) is 3. The molecule has 5 aromatic heterocycles. The Labute approximate surface area is 176 Å². The van der Waals surface area contributed by atoms with Crippen LogP contribution in [0.15, 0.2) is 95.2 Å². The highest BCUT2D eigenvalue weighted by Crippen LogP contribution is 2.47. The third-order valence-corrected chi connectivity index (χ3v) is 6.20. The molecule has 0 aliphatic heterocycles. The van der Waals surface area contributed by atoms with E-state index < -0.39 is 0 Å². The minimum absolute atomic E-state index is 0.842. The molecule has 0 aliphatic carbocycles. The van der Waals surface area contributed by atoms with Crippen molar-refractivity contribution < 1.29 is 4.42 Å². The number of furan rings is 1. The van der Waals surface area contributed by atoms with E-state index in [0.29, 0.717) is 0 Å². The maximum Gasteiger partial charge on any atom is 0.135 e. The second-order valence-corrected chi connectivity index (χ2v) is 7.99. The van der Waals surface area contributed by atoms with Crippen LogP contribution in [0.2, 0.25) is 0 Å². The van der Waals surface area contributed by atoms with Crippen LogP contribution >= 0.6 is 11.3 Å². The second-order valence-electron chi connectivity index (χ2n) is 7.04. The van der Waals surface area contributed by atoms with Gasteiger partial charge in [-0.1, -0.05) is 18.2 Å². The van der Waals surface area contributed by atoms with Gasteiger partial charge >= 0.3 is 0 Å². The highest BCUT2D eigenvalue weighted by Gasteiger charge is 2.23. The lowest BCUT2D eigenvalue weighted by molar-refractivity contribution is 0.583. The molecule has 6 aromatic rings. The molecule has 5 heteroatoms. The van der Waals surface area contributed by atoms with Gasteiger partial charge in [-0.25, -0.2) is 0 Å². The fourth-order valence-electron chi connectivity index (χ4n) is 4.06. The molecular weight excluding hydrogens is 390 g/mol. The molecule has 0 spiro atoms. The van der Waals surface area contributed by atoms with Crippen molar-refractivity contribution >= 4 is 22.2 Å². The summed E-state index contributed by atoms with van der Waals surface area (Å²) < 4.78 is 5.91. The lowest BCUT2D eigenvalue weighted by atomic mass is 9.94. The Morgan fingerprint density at radius 1 is 0.867 bits per heavy atom. The predicted octanol–water partition coefficient (Wildman–Crippen LogP) is 7.21. The fourth-order valence-corrected chi connectivity index (χ4v) is 4.84. The van der Waals surface area contributed by atoms with Gasteiger partial charge in [-0.2, -0.15) is 0 Å². The minimum atomic E-state index is 0.842. The number of nitrogens with zero attached hydrogens (tertiary/aromatic N) is 1. The van der Waals surface area contributed by atoms with E-state index in [1.54, 1.807) is 17.6 Å². The van der Waals surface area contributed by atoms with Crippen LogP contribution in [0, 0.1) is 0 Å². The summed E-state index contributed by atoms with van der Waals surface area (Å²) in [7, 11) is 0. The molecule has 0 atom stereocenters. The first-order valence-corrected chi connectivity index (χ1v) is 10.6. The van der Waals surface area contributed by atoms with E-state index in [-0.39, 0.29) is 0 Å². The second kappa shape index (κ2) is 6.90. The maximum atomic E-state index is 5.91.